The number of methoxy groups -OCH3 is 1. The fourth-order valence-electron chi connectivity index (χ4n) is 2.02. The molecule has 0 saturated heterocycles. The van der Waals surface area contributed by atoms with Crippen LogP contribution < -0.4 is 16.0 Å². The van der Waals surface area contributed by atoms with Crippen LogP contribution in [0.15, 0.2) is 54.6 Å². The molecule has 0 unspecified atom stereocenters. The summed E-state index contributed by atoms with van der Waals surface area (Å²) in [4.78, 5) is 23.8. The average molecular weight is 327 g/mol. The van der Waals surface area contributed by atoms with E-state index in [-0.39, 0.29) is 11.9 Å². The topological polar surface area (TPSA) is 79.5 Å². The number of urea groups is 1. The molecule has 3 amide bonds. The molecule has 0 heterocycles. The van der Waals surface area contributed by atoms with Crippen molar-refractivity contribution in [1.82, 2.24) is 5.32 Å². The van der Waals surface area contributed by atoms with Crippen LogP contribution in [-0.2, 0) is 4.74 Å². The summed E-state index contributed by atoms with van der Waals surface area (Å²) in [5.41, 5.74) is 1.88. The van der Waals surface area contributed by atoms with Gasteiger partial charge in [-0.15, -0.1) is 0 Å². The SMILES string of the molecule is COCCCNC(=O)Nc1ccc(C(=O)Nc2ccccc2)cc1. The lowest BCUT2D eigenvalue weighted by Gasteiger charge is -2.09. The molecule has 0 aliphatic carbocycles. The number of para-hydroxylation sites is 1. The minimum atomic E-state index is -0.285. The molecule has 6 heteroatoms. The lowest BCUT2D eigenvalue weighted by Crippen LogP contribution is -2.30. The van der Waals surface area contributed by atoms with E-state index in [2.05, 4.69) is 16.0 Å². The zero-order chi connectivity index (χ0) is 17.2. The van der Waals surface area contributed by atoms with Crippen LogP contribution in [0.3, 0.4) is 0 Å². The Morgan fingerprint density at radius 3 is 2.25 bits per heavy atom. The molecule has 0 spiro atoms. The predicted octanol–water partition coefficient (Wildman–Crippen LogP) is 3.10. The number of hydrogen-bond donors (Lipinski definition) is 3. The zero-order valence-corrected chi connectivity index (χ0v) is 13.5. The minimum absolute atomic E-state index is 0.197. The van der Waals surface area contributed by atoms with E-state index in [1.165, 1.54) is 0 Å². The summed E-state index contributed by atoms with van der Waals surface area (Å²) in [6, 6.07) is 15.7. The van der Waals surface area contributed by atoms with Crippen LogP contribution >= 0.6 is 0 Å². The van der Waals surface area contributed by atoms with Crippen molar-refractivity contribution >= 4 is 23.3 Å². The lowest BCUT2D eigenvalue weighted by atomic mass is 10.2. The van der Waals surface area contributed by atoms with E-state index in [0.717, 1.165) is 12.1 Å². The number of benzene rings is 2. The Bertz CT molecular complexity index is 657. The summed E-state index contributed by atoms with van der Waals surface area (Å²) in [6.45, 7) is 1.14. The van der Waals surface area contributed by atoms with E-state index in [1.54, 1.807) is 31.4 Å². The van der Waals surface area contributed by atoms with Crippen molar-refractivity contribution in [2.24, 2.45) is 0 Å². The Kier molecular flexibility index (Phi) is 6.79. The molecule has 2 aromatic carbocycles. The minimum Gasteiger partial charge on any atom is -0.385 e. The molecule has 0 aliphatic heterocycles. The lowest BCUT2D eigenvalue weighted by molar-refractivity contribution is 0.102. The third-order valence-electron chi connectivity index (χ3n) is 3.25. The van der Waals surface area contributed by atoms with Crippen molar-refractivity contribution in [3.63, 3.8) is 0 Å². The molecule has 2 rings (SSSR count). The summed E-state index contributed by atoms with van der Waals surface area (Å²) < 4.78 is 4.91. The van der Waals surface area contributed by atoms with E-state index < -0.39 is 0 Å². The van der Waals surface area contributed by atoms with Gasteiger partial charge in [-0.25, -0.2) is 4.79 Å². The zero-order valence-electron chi connectivity index (χ0n) is 13.5. The molecule has 0 radical (unpaired) electrons. The maximum atomic E-state index is 12.1. The molecule has 3 N–H and O–H groups in total. The number of amides is 3. The van der Waals surface area contributed by atoms with E-state index in [1.807, 2.05) is 30.3 Å². The maximum Gasteiger partial charge on any atom is 0.319 e. The molecule has 0 fully saturated rings. The van der Waals surface area contributed by atoms with Gasteiger partial charge in [-0.3, -0.25) is 4.79 Å². The predicted molar refractivity (Wildman–Crippen MR) is 94.4 cm³/mol. The number of rotatable bonds is 7. The second kappa shape index (κ2) is 9.32. The molecule has 6 nitrogen and oxygen atoms in total. The van der Waals surface area contributed by atoms with Crippen molar-refractivity contribution in [1.29, 1.82) is 0 Å². The van der Waals surface area contributed by atoms with Gasteiger partial charge in [0.05, 0.1) is 0 Å². The Morgan fingerprint density at radius 2 is 1.58 bits per heavy atom. The molecular formula is C18H21N3O3. The third-order valence-corrected chi connectivity index (χ3v) is 3.25. The number of anilines is 2. The van der Waals surface area contributed by atoms with Gasteiger partial charge in [0.25, 0.3) is 5.91 Å². The number of carbonyl (C=O) groups is 2. The monoisotopic (exact) mass is 327 g/mol. The molecule has 0 saturated carbocycles. The second-order valence-corrected chi connectivity index (χ2v) is 5.12. The Balaban J connectivity index is 1.84. The fraction of sp³-hybridized carbons (Fsp3) is 0.222. The number of hydrogen-bond acceptors (Lipinski definition) is 3. The molecule has 0 atom stereocenters. The number of ether oxygens (including phenoxy) is 1. The fourth-order valence-corrected chi connectivity index (χ4v) is 2.02. The van der Waals surface area contributed by atoms with Gasteiger partial charge < -0.3 is 20.7 Å². The first kappa shape index (κ1) is 17.5. The number of nitrogens with one attached hydrogen (secondary N) is 3. The summed E-state index contributed by atoms with van der Waals surface area (Å²) in [5.74, 6) is -0.197. The van der Waals surface area contributed by atoms with Crippen molar-refractivity contribution in [3.05, 3.63) is 60.2 Å². The van der Waals surface area contributed by atoms with Gasteiger partial charge in [0.15, 0.2) is 0 Å². The second-order valence-electron chi connectivity index (χ2n) is 5.12. The highest BCUT2D eigenvalue weighted by molar-refractivity contribution is 6.04. The van der Waals surface area contributed by atoms with Gasteiger partial charge in [0, 0.05) is 37.2 Å². The standard InChI is InChI=1S/C18H21N3O3/c1-24-13-5-12-19-18(23)21-16-10-8-14(9-11-16)17(22)20-15-6-3-2-4-7-15/h2-4,6-11H,5,12-13H2,1H3,(H,20,22)(H2,19,21,23). The van der Waals surface area contributed by atoms with Gasteiger partial charge in [0.2, 0.25) is 0 Å². The summed E-state index contributed by atoms with van der Waals surface area (Å²) in [7, 11) is 1.62. The smallest absolute Gasteiger partial charge is 0.319 e. The maximum absolute atomic E-state index is 12.1. The Hall–Kier alpha value is -2.86. The van der Waals surface area contributed by atoms with E-state index in [4.69, 9.17) is 4.74 Å². The quantitative estimate of drug-likeness (QED) is 0.684. The molecule has 0 aromatic heterocycles. The van der Waals surface area contributed by atoms with Crippen LogP contribution in [0, 0.1) is 0 Å². The van der Waals surface area contributed by atoms with E-state index in [9.17, 15) is 9.59 Å². The first-order valence-corrected chi connectivity index (χ1v) is 7.69. The molecule has 126 valence electrons. The van der Waals surface area contributed by atoms with Crippen molar-refractivity contribution in [3.8, 4) is 0 Å². The van der Waals surface area contributed by atoms with Gasteiger partial charge in [0.1, 0.15) is 0 Å². The van der Waals surface area contributed by atoms with Crippen LogP contribution in [-0.4, -0.2) is 32.2 Å². The first-order valence-electron chi connectivity index (χ1n) is 7.69. The average Bonchev–Trinajstić information content (AvgIpc) is 2.60. The van der Waals surface area contributed by atoms with Crippen LogP contribution in [0.5, 0.6) is 0 Å². The molecule has 0 bridgehead atoms. The Labute approximate surface area is 141 Å². The summed E-state index contributed by atoms with van der Waals surface area (Å²) in [5, 5.41) is 8.25. The van der Waals surface area contributed by atoms with E-state index in [0.29, 0.717) is 24.4 Å². The highest BCUT2D eigenvalue weighted by atomic mass is 16.5. The normalized spacial score (nSPS) is 10.0. The van der Waals surface area contributed by atoms with Gasteiger partial charge in [-0.05, 0) is 42.8 Å². The molecular weight excluding hydrogens is 306 g/mol. The van der Waals surface area contributed by atoms with Gasteiger partial charge >= 0.3 is 6.03 Å². The summed E-state index contributed by atoms with van der Waals surface area (Å²) in [6.07, 6.45) is 0.752. The summed E-state index contributed by atoms with van der Waals surface area (Å²) >= 11 is 0. The molecule has 24 heavy (non-hydrogen) atoms. The van der Waals surface area contributed by atoms with Crippen LogP contribution in [0.4, 0.5) is 16.2 Å². The van der Waals surface area contributed by atoms with E-state index >= 15 is 0 Å². The first-order chi connectivity index (χ1) is 11.7. The van der Waals surface area contributed by atoms with Crippen LogP contribution in [0.2, 0.25) is 0 Å². The van der Waals surface area contributed by atoms with Crippen molar-refractivity contribution < 1.29 is 14.3 Å². The number of carbonyl (C=O) groups excluding carboxylic acids is 2. The largest absolute Gasteiger partial charge is 0.385 e. The van der Waals surface area contributed by atoms with Gasteiger partial charge in [-0.1, -0.05) is 18.2 Å². The highest BCUT2D eigenvalue weighted by Crippen LogP contribution is 2.12. The van der Waals surface area contributed by atoms with Crippen LogP contribution in [0.25, 0.3) is 0 Å². The molecule has 0 aliphatic rings. The molecule has 2 aromatic rings. The van der Waals surface area contributed by atoms with Crippen molar-refractivity contribution in [2.45, 2.75) is 6.42 Å². The van der Waals surface area contributed by atoms with Crippen molar-refractivity contribution in [2.75, 3.05) is 30.9 Å². The Morgan fingerprint density at radius 1 is 0.917 bits per heavy atom. The highest BCUT2D eigenvalue weighted by Gasteiger charge is 2.07. The van der Waals surface area contributed by atoms with Gasteiger partial charge in [-0.2, -0.15) is 0 Å². The third kappa shape index (κ3) is 5.73. The van der Waals surface area contributed by atoms with Crippen LogP contribution in [0.1, 0.15) is 16.8 Å².